The Morgan fingerprint density at radius 3 is 1.74 bits per heavy atom. The summed E-state index contributed by atoms with van der Waals surface area (Å²) < 4.78 is 24.5. The summed E-state index contributed by atoms with van der Waals surface area (Å²) >= 11 is 11.4. The second kappa shape index (κ2) is 5.38. The van der Waals surface area contributed by atoms with Crippen LogP contribution in [0, 0.1) is 0 Å². The molecule has 0 aliphatic heterocycles. The summed E-state index contributed by atoms with van der Waals surface area (Å²) in [6, 6.07) is 11.3. The van der Waals surface area contributed by atoms with Crippen LogP contribution in [0.1, 0.15) is 0 Å². The molecule has 0 amide bonds. The molecule has 0 aliphatic rings. The highest BCUT2D eigenvalue weighted by atomic mass is 35.5. The van der Waals surface area contributed by atoms with Gasteiger partial charge in [-0.3, -0.25) is 5.21 Å². The molecule has 2 rings (SSSR count). The minimum Gasteiger partial charge on any atom is -0.274 e. The van der Waals surface area contributed by atoms with Crippen molar-refractivity contribution >= 4 is 38.9 Å². The Bertz CT molecular complexity index is 669. The fraction of sp³-hybridized carbons (Fsp3) is 0. The second-order valence-electron chi connectivity index (χ2n) is 3.68. The number of benzene rings is 2. The highest BCUT2D eigenvalue weighted by Crippen LogP contribution is 2.24. The van der Waals surface area contributed by atoms with Crippen molar-refractivity contribution in [3.63, 3.8) is 0 Å². The van der Waals surface area contributed by atoms with Gasteiger partial charge in [0.05, 0.1) is 10.6 Å². The smallest absolute Gasteiger partial charge is 0.274 e. The van der Waals surface area contributed by atoms with E-state index in [2.05, 4.69) is 0 Å². The molecule has 100 valence electrons. The fourth-order valence-electron chi connectivity index (χ4n) is 1.41. The first kappa shape index (κ1) is 14.1. The van der Waals surface area contributed by atoms with Gasteiger partial charge in [0, 0.05) is 10.0 Å². The standard InChI is InChI=1S/C12H9Cl2NO3S/c13-9-1-5-11(6-2-9)15(16)19(17,18)12-7-3-10(14)4-8-12/h1-8,16H. The molecule has 0 saturated heterocycles. The van der Waals surface area contributed by atoms with E-state index in [9.17, 15) is 13.6 Å². The van der Waals surface area contributed by atoms with Crippen molar-refractivity contribution in [1.82, 2.24) is 0 Å². The molecule has 0 radical (unpaired) electrons. The molecular weight excluding hydrogens is 309 g/mol. The summed E-state index contributed by atoms with van der Waals surface area (Å²) in [7, 11) is -4.03. The summed E-state index contributed by atoms with van der Waals surface area (Å²) in [6.07, 6.45) is 0. The summed E-state index contributed by atoms with van der Waals surface area (Å²) in [5.41, 5.74) is 0.0966. The molecule has 4 nitrogen and oxygen atoms in total. The maximum absolute atomic E-state index is 12.1. The van der Waals surface area contributed by atoms with Crippen molar-refractivity contribution in [3.8, 4) is 0 Å². The topological polar surface area (TPSA) is 57.6 Å². The predicted octanol–water partition coefficient (Wildman–Crippen LogP) is 3.58. The highest BCUT2D eigenvalue weighted by molar-refractivity contribution is 7.92. The molecule has 1 N–H and O–H groups in total. The number of rotatable bonds is 3. The van der Waals surface area contributed by atoms with Gasteiger partial charge in [0.15, 0.2) is 0 Å². The average Bonchev–Trinajstić information content (AvgIpc) is 2.39. The molecule has 0 unspecified atom stereocenters. The molecule has 0 saturated carbocycles. The van der Waals surface area contributed by atoms with E-state index in [1.54, 1.807) is 0 Å². The maximum atomic E-state index is 12.1. The lowest BCUT2D eigenvalue weighted by molar-refractivity contribution is 0.316. The van der Waals surface area contributed by atoms with E-state index in [-0.39, 0.29) is 15.1 Å². The molecule has 0 aliphatic carbocycles. The van der Waals surface area contributed by atoms with Gasteiger partial charge < -0.3 is 0 Å². The van der Waals surface area contributed by atoms with E-state index in [4.69, 9.17) is 23.2 Å². The van der Waals surface area contributed by atoms with Gasteiger partial charge in [-0.25, -0.2) is 0 Å². The van der Waals surface area contributed by atoms with Crippen molar-refractivity contribution in [2.45, 2.75) is 4.90 Å². The number of hydrogen-bond donors (Lipinski definition) is 1. The predicted molar refractivity (Wildman–Crippen MR) is 74.4 cm³/mol. The quantitative estimate of drug-likeness (QED) is 0.880. The van der Waals surface area contributed by atoms with Crippen molar-refractivity contribution in [1.29, 1.82) is 0 Å². The van der Waals surface area contributed by atoms with Crippen LogP contribution in [0.5, 0.6) is 0 Å². The fourth-order valence-corrected chi connectivity index (χ4v) is 2.74. The zero-order chi connectivity index (χ0) is 14.0. The summed E-state index contributed by atoms with van der Waals surface area (Å²) in [5.74, 6) is 0. The Morgan fingerprint density at radius 2 is 1.26 bits per heavy atom. The monoisotopic (exact) mass is 317 g/mol. The van der Waals surface area contributed by atoms with Crippen LogP contribution in [0.15, 0.2) is 53.4 Å². The van der Waals surface area contributed by atoms with Crippen LogP contribution >= 0.6 is 23.2 Å². The number of nitrogens with zero attached hydrogens (tertiary/aromatic N) is 1. The zero-order valence-electron chi connectivity index (χ0n) is 9.49. The summed E-state index contributed by atoms with van der Waals surface area (Å²) in [5, 5.41) is 10.7. The number of hydrogen-bond acceptors (Lipinski definition) is 3. The van der Waals surface area contributed by atoms with Crippen molar-refractivity contribution in [2.75, 3.05) is 4.47 Å². The first-order chi connectivity index (χ1) is 8.91. The Hall–Kier alpha value is -1.27. The molecule has 2 aromatic carbocycles. The minimum atomic E-state index is -4.03. The maximum Gasteiger partial charge on any atom is 0.286 e. The van der Waals surface area contributed by atoms with Gasteiger partial charge in [-0.05, 0) is 48.5 Å². The van der Waals surface area contributed by atoms with Gasteiger partial charge in [-0.2, -0.15) is 8.42 Å². The molecule has 7 heteroatoms. The Kier molecular flexibility index (Phi) is 4.01. The van der Waals surface area contributed by atoms with E-state index in [0.717, 1.165) is 0 Å². The molecule has 0 aromatic heterocycles. The van der Waals surface area contributed by atoms with Crippen LogP contribution in [0.4, 0.5) is 5.69 Å². The third-order valence-corrected chi connectivity index (χ3v) is 4.42. The van der Waals surface area contributed by atoms with Gasteiger partial charge >= 0.3 is 0 Å². The van der Waals surface area contributed by atoms with Crippen LogP contribution in [-0.2, 0) is 10.0 Å². The average molecular weight is 318 g/mol. The molecule has 0 fully saturated rings. The van der Waals surface area contributed by atoms with Gasteiger partial charge in [0.1, 0.15) is 0 Å². The van der Waals surface area contributed by atoms with Crippen LogP contribution in [0.25, 0.3) is 0 Å². The summed E-state index contributed by atoms with van der Waals surface area (Å²) in [4.78, 5) is -0.0608. The van der Waals surface area contributed by atoms with E-state index >= 15 is 0 Å². The number of halogens is 2. The van der Waals surface area contributed by atoms with Gasteiger partial charge in [-0.15, -0.1) is 4.47 Å². The Morgan fingerprint density at radius 1 is 0.842 bits per heavy atom. The third-order valence-electron chi connectivity index (χ3n) is 2.39. The Labute approximate surface area is 120 Å². The third kappa shape index (κ3) is 3.01. The molecular formula is C12H9Cl2NO3S. The highest BCUT2D eigenvalue weighted by Gasteiger charge is 2.23. The normalized spacial score (nSPS) is 11.3. The lowest BCUT2D eigenvalue weighted by atomic mass is 10.3. The van der Waals surface area contributed by atoms with Gasteiger partial charge in [0.25, 0.3) is 10.0 Å². The van der Waals surface area contributed by atoms with Crippen LogP contribution in [-0.4, -0.2) is 13.6 Å². The molecule has 0 spiro atoms. The van der Waals surface area contributed by atoms with Crippen LogP contribution < -0.4 is 4.47 Å². The van der Waals surface area contributed by atoms with E-state index in [0.29, 0.717) is 10.0 Å². The minimum absolute atomic E-state index is 0.0608. The first-order valence-electron chi connectivity index (χ1n) is 5.16. The molecule has 2 aromatic rings. The number of sulfonamides is 1. The first-order valence-corrected chi connectivity index (χ1v) is 7.36. The molecule has 0 bridgehead atoms. The largest absolute Gasteiger partial charge is 0.286 e. The van der Waals surface area contributed by atoms with Crippen LogP contribution in [0.2, 0.25) is 10.0 Å². The molecule has 0 heterocycles. The summed E-state index contributed by atoms with van der Waals surface area (Å²) in [6.45, 7) is 0. The number of anilines is 1. The molecule has 19 heavy (non-hydrogen) atoms. The second-order valence-corrected chi connectivity index (χ2v) is 6.32. The van der Waals surface area contributed by atoms with Gasteiger partial charge in [0.2, 0.25) is 0 Å². The van der Waals surface area contributed by atoms with Crippen LogP contribution in [0.3, 0.4) is 0 Å². The molecule has 0 atom stereocenters. The van der Waals surface area contributed by atoms with E-state index < -0.39 is 10.0 Å². The zero-order valence-corrected chi connectivity index (χ0v) is 11.8. The lowest BCUT2D eigenvalue weighted by Gasteiger charge is -2.17. The van der Waals surface area contributed by atoms with E-state index in [1.807, 2.05) is 0 Å². The van der Waals surface area contributed by atoms with E-state index in [1.165, 1.54) is 48.5 Å². The van der Waals surface area contributed by atoms with Crippen molar-refractivity contribution in [2.24, 2.45) is 0 Å². The van der Waals surface area contributed by atoms with Gasteiger partial charge in [-0.1, -0.05) is 23.2 Å². The van der Waals surface area contributed by atoms with Crippen molar-refractivity contribution < 1.29 is 13.6 Å². The Balaban J connectivity index is 2.39. The van der Waals surface area contributed by atoms with Crippen molar-refractivity contribution in [3.05, 3.63) is 58.6 Å². The lowest BCUT2D eigenvalue weighted by Crippen LogP contribution is -2.27. The SMILES string of the molecule is O=S(=O)(c1ccc(Cl)cc1)N(O)c1ccc(Cl)cc1.